The minimum Gasteiger partial charge on any atom is -0.356 e. The number of benzene rings is 2. The standard InChI is InChI=1S/C20H16F4N4OS2/c1-11(15-7-2-12(8-16(15)21)20(22,23)24)26-19(30)28-14-5-3-13(4-6-14)27-18(29)17-9-31-10-25-17/h2-11H,1H3,(H,27,29)(H2,26,28,30). The molecule has 3 aromatic rings. The molecule has 1 amide bonds. The van der Waals surface area contributed by atoms with Crippen molar-refractivity contribution in [2.75, 3.05) is 10.6 Å². The van der Waals surface area contributed by atoms with Gasteiger partial charge in [0.1, 0.15) is 11.5 Å². The van der Waals surface area contributed by atoms with Crippen molar-refractivity contribution >= 4 is 45.9 Å². The van der Waals surface area contributed by atoms with Crippen LogP contribution in [0.4, 0.5) is 28.9 Å². The van der Waals surface area contributed by atoms with E-state index in [1.807, 2.05) is 0 Å². The van der Waals surface area contributed by atoms with E-state index in [0.29, 0.717) is 23.1 Å². The lowest BCUT2D eigenvalue weighted by Crippen LogP contribution is -2.31. The Hall–Kier alpha value is -3.05. The highest BCUT2D eigenvalue weighted by molar-refractivity contribution is 7.80. The van der Waals surface area contributed by atoms with Crippen LogP contribution >= 0.6 is 23.6 Å². The summed E-state index contributed by atoms with van der Waals surface area (Å²) in [6, 6.07) is 8.37. The van der Waals surface area contributed by atoms with Crippen LogP contribution in [0.1, 0.15) is 34.6 Å². The maximum absolute atomic E-state index is 14.1. The van der Waals surface area contributed by atoms with Gasteiger partial charge in [-0.05, 0) is 55.5 Å². The van der Waals surface area contributed by atoms with Crippen molar-refractivity contribution in [3.8, 4) is 0 Å². The molecule has 5 nitrogen and oxygen atoms in total. The van der Waals surface area contributed by atoms with Crippen LogP contribution in [0.3, 0.4) is 0 Å². The van der Waals surface area contributed by atoms with E-state index in [2.05, 4.69) is 20.9 Å². The van der Waals surface area contributed by atoms with Crippen LogP contribution in [0.5, 0.6) is 0 Å². The number of nitrogens with one attached hydrogen (secondary N) is 3. The van der Waals surface area contributed by atoms with Crippen molar-refractivity contribution in [1.82, 2.24) is 10.3 Å². The number of aromatic nitrogens is 1. The quantitative estimate of drug-likeness (QED) is 0.336. The van der Waals surface area contributed by atoms with Crippen LogP contribution in [0.15, 0.2) is 53.4 Å². The van der Waals surface area contributed by atoms with Crippen LogP contribution in [-0.2, 0) is 6.18 Å². The average molecular weight is 469 g/mol. The highest BCUT2D eigenvalue weighted by Crippen LogP contribution is 2.31. The lowest BCUT2D eigenvalue weighted by atomic mass is 10.1. The topological polar surface area (TPSA) is 66.0 Å². The first-order valence-corrected chi connectivity index (χ1v) is 10.2. The van der Waals surface area contributed by atoms with E-state index in [1.165, 1.54) is 11.3 Å². The Kier molecular flexibility index (Phi) is 6.86. The molecule has 1 unspecified atom stereocenters. The number of alkyl halides is 3. The lowest BCUT2D eigenvalue weighted by molar-refractivity contribution is -0.137. The van der Waals surface area contributed by atoms with Gasteiger partial charge < -0.3 is 16.0 Å². The van der Waals surface area contributed by atoms with Crippen molar-refractivity contribution in [2.24, 2.45) is 0 Å². The van der Waals surface area contributed by atoms with Gasteiger partial charge in [-0.15, -0.1) is 11.3 Å². The number of hydrogen-bond acceptors (Lipinski definition) is 4. The summed E-state index contributed by atoms with van der Waals surface area (Å²) in [7, 11) is 0. The largest absolute Gasteiger partial charge is 0.416 e. The second-order valence-electron chi connectivity index (χ2n) is 6.46. The molecule has 0 radical (unpaired) electrons. The van der Waals surface area contributed by atoms with Gasteiger partial charge in [0, 0.05) is 22.3 Å². The van der Waals surface area contributed by atoms with Gasteiger partial charge in [-0.2, -0.15) is 13.2 Å². The molecule has 1 heterocycles. The van der Waals surface area contributed by atoms with Crippen LogP contribution in [-0.4, -0.2) is 16.0 Å². The predicted octanol–water partition coefficient (Wildman–Crippen LogP) is 5.60. The minimum atomic E-state index is -4.61. The van der Waals surface area contributed by atoms with Crippen LogP contribution in [0, 0.1) is 5.82 Å². The molecule has 162 valence electrons. The molecule has 0 aliphatic rings. The number of halogens is 4. The summed E-state index contributed by atoms with van der Waals surface area (Å²) in [4.78, 5) is 15.9. The molecule has 3 N–H and O–H groups in total. The van der Waals surface area contributed by atoms with Crippen LogP contribution in [0.2, 0.25) is 0 Å². The molecule has 0 saturated heterocycles. The zero-order valence-corrected chi connectivity index (χ0v) is 17.6. The Balaban J connectivity index is 1.57. The fraction of sp³-hybridized carbons (Fsp3) is 0.150. The van der Waals surface area contributed by atoms with E-state index in [-0.39, 0.29) is 16.6 Å². The molecule has 0 spiro atoms. The Morgan fingerprint density at radius 3 is 2.29 bits per heavy atom. The SMILES string of the molecule is CC(NC(=S)Nc1ccc(NC(=O)c2cscn2)cc1)c1ccc(C(F)(F)F)cc1F. The van der Waals surface area contributed by atoms with Crippen LogP contribution in [0.25, 0.3) is 0 Å². The molecule has 0 bridgehead atoms. The number of nitrogens with zero attached hydrogens (tertiary/aromatic N) is 1. The Morgan fingerprint density at radius 2 is 1.74 bits per heavy atom. The first-order valence-electron chi connectivity index (χ1n) is 8.87. The van der Waals surface area contributed by atoms with Gasteiger partial charge in [-0.25, -0.2) is 9.37 Å². The van der Waals surface area contributed by atoms with Gasteiger partial charge >= 0.3 is 6.18 Å². The van der Waals surface area contributed by atoms with Crippen molar-refractivity contribution in [1.29, 1.82) is 0 Å². The summed E-state index contributed by atoms with van der Waals surface area (Å²) in [6.45, 7) is 1.58. The number of carbonyl (C=O) groups is 1. The van der Waals surface area contributed by atoms with Gasteiger partial charge in [0.2, 0.25) is 0 Å². The van der Waals surface area contributed by atoms with Crippen molar-refractivity contribution in [2.45, 2.75) is 19.1 Å². The third kappa shape index (κ3) is 5.98. The second kappa shape index (κ2) is 9.40. The Morgan fingerprint density at radius 1 is 1.10 bits per heavy atom. The van der Waals surface area contributed by atoms with Crippen LogP contribution < -0.4 is 16.0 Å². The summed E-state index contributed by atoms with van der Waals surface area (Å²) < 4.78 is 52.2. The zero-order chi connectivity index (χ0) is 22.6. The van der Waals surface area contributed by atoms with E-state index in [0.717, 1.165) is 12.1 Å². The number of anilines is 2. The third-order valence-corrected chi connectivity index (χ3v) is 5.01. The molecular weight excluding hydrogens is 452 g/mol. The van der Waals surface area contributed by atoms with E-state index in [4.69, 9.17) is 12.2 Å². The highest BCUT2D eigenvalue weighted by atomic mass is 32.1. The molecule has 0 aliphatic heterocycles. The van der Waals surface area contributed by atoms with Crippen molar-refractivity contribution < 1.29 is 22.4 Å². The molecule has 11 heteroatoms. The minimum absolute atomic E-state index is 0.0530. The maximum atomic E-state index is 14.1. The second-order valence-corrected chi connectivity index (χ2v) is 7.59. The lowest BCUT2D eigenvalue weighted by Gasteiger charge is -2.19. The van der Waals surface area contributed by atoms with E-state index in [9.17, 15) is 22.4 Å². The Labute approximate surface area is 184 Å². The summed E-state index contributed by atoms with van der Waals surface area (Å²) in [6.07, 6.45) is -4.61. The zero-order valence-electron chi connectivity index (χ0n) is 16.0. The molecule has 3 rings (SSSR count). The molecular formula is C20H16F4N4OS2. The van der Waals surface area contributed by atoms with Gasteiger partial charge in [0.15, 0.2) is 5.11 Å². The number of thiazole rings is 1. The third-order valence-electron chi connectivity index (χ3n) is 4.21. The fourth-order valence-corrected chi connectivity index (χ4v) is 3.48. The fourth-order valence-electron chi connectivity index (χ4n) is 2.65. The molecule has 2 aromatic carbocycles. The maximum Gasteiger partial charge on any atom is 0.416 e. The normalized spacial score (nSPS) is 12.2. The predicted molar refractivity (Wildman–Crippen MR) is 116 cm³/mol. The highest BCUT2D eigenvalue weighted by Gasteiger charge is 2.31. The summed E-state index contributed by atoms with van der Waals surface area (Å²) in [5.74, 6) is -1.30. The number of amides is 1. The number of rotatable bonds is 5. The van der Waals surface area contributed by atoms with Gasteiger partial charge in [0.05, 0.1) is 17.1 Å². The van der Waals surface area contributed by atoms with Crippen molar-refractivity contribution in [3.63, 3.8) is 0 Å². The van der Waals surface area contributed by atoms with E-state index in [1.54, 1.807) is 42.1 Å². The smallest absolute Gasteiger partial charge is 0.356 e. The number of thiocarbonyl (C=S) groups is 1. The monoisotopic (exact) mass is 468 g/mol. The molecule has 1 atom stereocenters. The Bertz CT molecular complexity index is 1070. The number of hydrogen-bond donors (Lipinski definition) is 3. The summed E-state index contributed by atoms with van der Waals surface area (Å²) in [5, 5.41) is 10.2. The van der Waals surface area contributed by atoms with Gasteiger partial charge in [-0.3, -0.25) is 4.79 Å². The first kappa shape index (κ1) is 22.6. The first-order chi connectivity index (χ1) is 14.6. The van der Waals surface area contributed by atoms with Gasteiger partial charge in [-0.1, -0.05) is 6.07 Å². The molecule has 31 heavy (non-hydrogen) atoms. The molecule has 1 aromatic heterocycles. The van der Waals surface area contributed by atoms with E-state index >= 15 is 0 Å². The van der Waals surface area contributed by atoms with Crippen molar-refractivity contribution in [3.05, 3.63) is 76.0 Å². The summed E-state index contributed by atoms with van der Waals surface area (Å²) in [5.41, 5.74) is 2.04. The summed E-state index contributed by atoms with van der Waals surface area (Å²) >= 11 is 6.51. The molecule has 0 aliphatic carbocycles. The number of carbonyl (C=O) groups excluding carboxylic acids is 1. The van der Waals surface area contributed by atoms with Gasteiger partial charge in [0.25, 0.3) is 5.91 Å². The average Bonchev–Trinajstić information content (AvgIpc) is 3.23. The molecule has 0 fully saturated rings. The van der Waals surface area contributed by atoms with E-state index < -0.39 is 23.6 Å². The molecule has 0 saturated carbocycles.